The first-order chi connectivity index (χ1) is 16.2. The first-order valence-electron chi connectivity index (χ1n) is 10.9. The third-order valence-corrected chi connectivity index (χ3v) is 5.00. The van der Waals surface area contributed by atoms with Crippen molar-refractivity contribution in [2.45, 2.75) is 32.9 Å². The van der Waals surface area contributed by atoms with Gasteiger partial charge in [-0.05, 0) is 74.2 Å². The second kappa shape index (κ2) is 11.0. The molecule has 7 nitrogen and oxygen atoms in total. The summed E-state index contributed by atoms with van der Waals surface area (Å²) in [5, 5.41) is 14.2. The molecule has 0 aliphatic heterocycles. The van der Waals surface area contributed by atoms with Gasteiger partial charge in [-0.1, -0.05) is 0 Å². The van der Waals surface area contributed by atoms with E-state index in [9.17, 15) is 13.6 Å². The van der Waals surface area contributed by atoms with E-state index in [-0.39, 0.29) is 31.9 Å². The van der Waals surface area contributed by atoms with Gasteiger partial charge in [-0.25, -0.2) is 18.6 Å². The number of anilines is 1. The number of amides is 2. The van der Waals surface area contributed by atoms with Crippen LogP contribution in [0.2, 0.25) is 0 Å². The maximum Gasteiger partial charge on any atom is 0.319 e. The Hall–Kier alpha value is -3.59. The number of halogens is 2. The zero-order chi connectivity index (χ0) is 24.7. The van der Waals surface area contributed by atoms with Crippen LogP contribution >= 0.6 is 0 Å². The van der Waals surface area contributed by atoms with Crippen LogP contribution in [0.15, 0.2) is 48.8 Å². The standard InChI is InChI=1S/C25H28F2N4O3/c1-16-12-20(26)22(31-24(33)29-9-6-25(2,3)27)15-19(16)18-13-21(17-4-7-28-8-5-17)30-23(14-18)34-11-10-32/h4-5,7-8,12-15,32H,6,9-11H2,1-3H3,(H2,29,31,33). The number of ether oxygens (including phenoxy) is 1. The van der Waals surface area contributed by atoms with E-state index in [1.54, 1.807) is 37.5 Å². The van der Waals surface area contributed by atoms with Gasteiger partial charge in [0.1, 0.15) is 18.1 Å². The van der Waals surface area contributed by atoms with E-state index in [1.165, 1.54) is 26.0 Å². The number of pyridine rings is 2. The van der Waals surface area contributed by atoms with Gasteiger partial charge in [0, 0.05) is 30.6 Å². The Morgan fingerprint density at radius 2 is 1.88 bits per heavy atom. The maximum absolute atomic E-state index is 14.6. The predicted octanol–water partition coefficient (Wildman–Crippen LogP) is 4.89. The molecule has 2 heterocycles. The van der Waals surface area contributed by atoms with Crippen molar-refractivity contribution in [1.29, 1.82) is 0 Å². The monoisotopic (exact) mass is 470 g/mol. The fourth-order valence-corrected chi connectivity index (χ4v) is 3.27. The molecule has 180 valence electrons. The van der Waals surface area contributed by atoms with Crippen LogP contribution in [0.3, 0.4) is 0 Å². The number of carbonyl (C=O) groups is 1. The molecule has 0 saturated carbocycles. The Kier molecular flexibility index (Phi) is 8.12. The molecule has 3 rings (SSSR count). The second-order valence-electron chi connectivity index (χ2n) is 8.38. The molecule has 2 aromatic heterocycles. The first-order valence-corrected chi connectivity index (χ1v) is 10.9. The van der Waals surface area contributed by atoms with Crippen LogP contribution in [0.5, 0.6) is 5.88 Å². The maximum atomic E-state index is 14.6. The minimum atomic E-state index is -1.42. The van der Waals surface area contributed by atoms with Crippen LogP contribution in [0, 0.1) is 12.7 Å². The van der Waals surface area contributed by atoms with Crippen LogP contribution in [0.1, 0.15) is 25.8 Å². The number of urea groups is 1. The van der Waals surface area contributed by atoms with Crippen molar-refractivity contribution in [2.75, 3.05) is 25.1 Å². The zero-order valence-electron chi connectivity index (χ0n) is 19.4. The van der Waals surface area contributed by atoms with Crippen LogP contribution < -0.4 is 15.4 Å². The predicted molar refractivity (Wildman–Crippen MR) is 127 cm³/mol. The molecule has 34 heavy (non-hydrogen) atoms. The smallest absolute Gasteiger partial charge is 0.319 e. The van der Waals surface area contributed by atoms with Crippen LogP contribution in [0.4, 0.5) is 19.3 Å². The lowest BCUT2D eigenvalue weighted by molar-refractivity contribution is 0.197. The van der Waals surface area contributed by atoms with Crippen molar-refractivity contribution in [3.8, 4) is 28.3 Å². The highest BCUT2D eigenvalue weighted by Crippen LogP contribution is 2.33. The molecule has 3 aromatic rings. The molecule has 0 atom stereocenters. The van der Waals surface area contributed by atoms with Gasteiger partial charge in [0.25, 0.3) is 0 Å². The lowest BCUT2D eigenvalue weighted by Crippen LogP contribution is -2.32. The molecule has 3 N–H and O–H groups in total. The van der Waals surface area contributed by atoms with Crippen molar-refractivity contribution >= 4 is 11.7 Å². The van der Waals surface area contributed by atoms with Crippen LogP contribution in [0.25, 0.3) is 22.4 Å². The minimum Gasteiger partial charge on any atom is -0.475 e. The molecule has 0 unspecified atom stereocenters. The average molecular weight is 471 g/mol. The van der Waals surface area contributed by atoms with Crippen molar-refractivity contribution in [3.63, 3.8) is 0 Å². The van der Waals surface area contributed by atoms with E-state index in [0.29, 0.717) is 28.3 Å². The summed E-state index contributed by atoms with van der Waals surface area (Å²) in [6, 6.07) is 9.35. The molecular formula is C25H28F2N4O3. The molecule has 0 radical (unpaired) electrons. The van der Waals surface area contributed by atoms with Crippen molar-refractivity contribution in [1.82, 2.24) is 15.3 Å². The van der Waals surface area contributed by atoms with E-state index in [0.717, 1.165) is 5.56 Å². The SMILES string of the molecule is Cc1cc(F)c(NC(=O)NCCC(C)(C)F)cc1-c1cc(OCCO)nc(-c2ccncc2)c1. The Bertz CT molecular complexity index is 1130. The molecule has 1 aromatic carbocycles. The third kappa shape index (κ3) is 6.95. The van der Waals surface area contributed by atoms with E-state index in [1.807, 2.05) is 6.07 Å². The van der Waals surface area contributed by atoms with E-state index < -0.39 is 17.5 Å². The Labute approximate surface area is 197 Å². The summed E-state index contributed by atoms with van der Waals surface area (Å²) in [4.78, 5) is 20.7. The number of aliphatic hydroxyl groups is 1. The van der Waals surface area contributed by atoms with Crippen molar-refractivity contribution < 1.29 is 23.4 Å². The number of aliphatic hydroxyl groups excluding tert-OH is 1. The van der Waals surface area contributed by atoms with E-state index in [2.05, 4.69) is 20.6 Å². The second-order valence-corrected chi connectivity index (χ2v) is 8.38. The summed E-state index contributed by atoms with van der Waals surface area (Å²) in [6.07, 6.45) is 3.42. The van der Waals surface area contributed by atoms with E-state index >= 15 is 0 Å². The summed E-state index contributed by atoms with van der Waals surface area (Å²) < 4.78 is 33.8. The average Bonchev–Trinajstić information content (AvgIpc) is 2.79. The zero-order valence-corrected chi connectivity index (χ0v) is 19.4. The normalized spacial score (nSPS) is 11.2. The van der Waals surface area contributed by atoms with Gasteiger partial charge in [-0.2, -0.15) is 0 Å². The summed E-state index contributed by atoms with van der Waals surface area (Å²) >= 11 is 0. The highest BCUT2D eigenvalue weighted by molar-refractivity contribution is 5.90. The molecule has 9 heteroatoms. The Morgan fingerprint density at radius 1 is 1.15 bits per heavy atom. The number of carbonyl (C=O) groups excluding carboxylic acids is 1. The molecule has 0 bridgehead atoms. The Morgan fingerprint density at radius 3 is 2.56 bits per heavy atom. The molecular weight excluding hydrogens is 442 g/mol. The summed E-state index contributed by atoms with van der Waals surface area (Å²) in [5.41, 5.74) is 1.97. The fourth-order valence-electron chi connectivity index (χ4n) is 3.27. The highest BCUT2D eigenvalue weighted by Gasteiger charge is 2.17. The van der Waals surface area contributed by atoms with Gasteiger partial charge >= 0.3 is 6.03 Å². The van der Waals surface area contributed by atoms with Crippen molar-refractivity contribution in [2.24, 2.45) is 0 Å². The number of rotatable bonds is 9. The first kappa shape index (κ1) is 25.0. The topological polar surface area (TPSA) is 96.4 Å². The number of alkyl halides is 1. The fraction of sp³-hybridized carbons (Fsp3) is 0.320. The molecule has 0 aliphatic carbocycles. The number of hydrogen-bond acceptors (Lipinski definition) is 5. The van der Waals surface area contributed by atoms with Crippen LogP contribution in [-0.2, 0) is 0 Å². The highest BCUT2D eigenvalue weighted by atomic mass is 19.1. The van der Waals surface area contributed by atoms with Crippen molar-refractivity contribution in [3.05, 3.63) is 60.2 Å². The number of aryl methyl sites for hydroxylation is 1. The number of aromatic nitrogens is 2. The molecule has 0 saturated heterocycles. The minimum absolute atomic E-state index is 0.0160. The quantitative estimate of drug-likeness (QED) is 0.414. The summed E-state index contributed by atoms with van der Waals surface area (Å²) in [7, 11) is 0. The number of nitrogens with zero attached hydrogens (tertiary/aromatic N) is 2. The van der Waals surface area contributed by atoms with Gasteiger partial charge in [-0.3, -0.25) is 4.98 Å². The lowest BCUT2D eigenvalue weighted by Gasteiger charge is -2.16. The summed E-state index contributed by atoms with van der Waals surface area (Å²) in [5.74, 6) is -0.300. The van der Waals surface area contributed by atoms with E-state index in [4.69, 9.17) is 9.84 Å². The van der Waals surface area contributed by atoms with Gasteiger partial charge in [0.05, 0.1) is 18.0 Å². The lowest BCUT2D eigenvalue weighted by atomic mass is 9.98. The number of nitrogens with one attached hydrogen (secondary N) is 2. The summed E-state index contributed by atoms with van der Waals surface area (Å²) in [6.45, 7) is 4.61. The molecule has 0 aliphatic rings. The largest absolute Gasteiger partial charge is 0.475 e. The van der Waals surface area contributed by atoms with Crippen LogP contribution in [-0.4, -0.2) is 46.5 Å². The Balaban J connectivity index is 1.93. The molecule has 0 spiro atoms. The molecule has 0 fully saturated rings. The van der Waals surface area contributed by atoms with Gasteiger partial charge < -0.3 is 20.5 Å². The number of hydrogen-bond donors (Lipinski definition) is 3. The van der Waals surface area contributed by atoms with Gasteiger partial charge in [0.2, 0.25) is 5.88 Å². The van der Waals surface area contributed by atoms with Gasteiger partial charge in [-0.15, -0.1) is 0 Å². The van der Waals surface area contributed by atoms with Gasteiger partial charge in [0.15, 0.2) is 0 Å². The third-order valence-electron chi connectivity index (χ3n) is 5.00. The number of benzene rings is 1. The molecule has 2 amide bonds.